The van der Waals surface area contributed by atoms with Crippen molar-refractivity contribution in [2.24, 2.45) is 5.73 Å². The number of piperidine rings is 1. The van der Waals surface area contributed by atoms with Crippen LogP contribution in [0.3, 0.4) is 0 Å². The summed E-state index contributed by atoms with van der Waals surface area (Å²) in [7, 11) is 3.78. The second kappa shape index (κ2) is 10.2. The number of H-pyrrole nitrogens is 1. The largest absolute Gasteiger partial charge is 0.496 e. The van der Waals surface area contributed by atoms with Crippen molar-refractivity contribution in [2.75, 3.05) is 51.1 Å². The van der Waals surface area contributed by atoms with E-state index in [2.05, 4.69) is 32.5 Å². The van der Waals surface area contributed by atoms with Gasteiger partial charge in [0, 0.05) is 31.0 Å². The van der Waals surface area contributed by atoms with Gasteiger partial charge in [0.25, 0.3) is 11.5 Å². The van der Waals surface area contributed by atoms with Crippen LogP contribution in [0.1, 0.15) is 47.5 Å². The molecule has 0 aliphatic carbocycles. The monoisotopic (exact) mass is 456 g/mol. The Bertz CT molecular complexity index is 1040. The number of nitrogens with two attached hydrogens (primary N) is 1. The highest BCUT2D eigenvalue weighted by Crippen LogP contribution is 2.36. The number of carbonyl (C=O) groups is 1. The summed E-state index contributed by atoms with van der Waals surface area (Å²) in [6, 6.07) is 5.95. The van der Waals surface area contributed by atoms with Gasteiger partial charge in [-0.15, -0.1) is 0 Å². The molecule has 0 unspecified atom stereocenters. The number of ether oxygens (including phenoxy) is 2. The van der Waals surface area contributed by atoms with Crippen LogP contribution in [0.15, 0.2) is 23.0 Å². The predicted molar refractivity (Wildman–Crippen MR) is 127 cm³/mol. The number of nitrogens with one attached hydrogen (secondary N) is 3. The van der Waals surface area contributed by atoms with Gasteiger partial charge in [0.15, 0.2) is 5.82 Å². The summed E-state index contributed by atoms with van der Waals surface area (Å²) in [4.78, 5) is 34.0. The highest BCUT2D eigenvalue weighted by atomic mass is 16.5. The zero-order valence-corrected chi connectivity index (χ0v) is 19.1. The third-order valence-electron chi connectivity index (χ3n) is 6.38. The van der Waals surface area contributed by atoms with Crippen molar-refractivity contribution in [3.05, 3.63) is 39.7 Å². The van der Waals surface area contributed by atoms with Crippen LogP contribution in [0.25, 0.3) is 0 Å². The van der Waals surface area contributed by atoms with Gasteiger partial charge < -0.3 is 30.7 Å². The van der Waals surface area contributed by atoms with Crippen LogP contribution < -0.4 is 26.7 Å². The number of rotatable bonds is 7. The van der Waals surface area contributed by atoms with Gasteiger partial charge in [0.2, 0.25) is 5.95 Å². The van der Waals surface area contributed by atoms with Gasteiger partial charge in [-0.1, -0.05) is 6.07 Å². The minimum Gasteiger partial charge on any atom is -0.496 e. The van der Waals surface area contributed by atoms with E-state index in [0.717, 1.165) is 50.1 Å². The number of likely N-dealkylation sites (tertiary alicyclic amines) is 1. The van der Waals surface area contributed by atoms with Gasteiger partial charge in [-0.25, -0.2) is 0 Å². The van der Waals surface area contributed by atoms with Crippen LogP contribution in [0.2, 0.25) is 0 Å². The van der Waals surface area contributed by atoms with Crippen molar-refractivity contribution in [3.8, 4) is 5.75 Å². The molecule has 5 N–H and O–H groups in total. The van der Waals surface area contributed by atoms with Crippen molar-refractivity contribution < 1.29 is 14.3 Å². The molecular weight excluding hydrogens is 424 g/mol. The van der Waals surface area contributed by atoms with Gasteiger partial charge >= 0.3 is 0 Å². The average Bonchev–Trinajstić information content (AvgIpc) is 2.80. The topological polar surface area (TPSA) is 135 Å². The van der Waals surface area contributed by atoms with Gasteiger partial charge in [-0.2, -0.15) is 4.98 Å². The second-order valence-electron chi connectivity index (χ2n) is 8.69. The molecule has 0 radical (unpaired) electrons. The van der Waals surface area contributed by atoms with Crippen molar-refractivity contribution in [2.45, 2.75) is 37.6 Å². The Kier molecular flexibility index (Phi) is 7.14. The number of carbonyl (C=O) groups excluding carboxylic acids is 1. The fourth-order valence-electron chi connectivity index (χ4n) is 4.48. The first-order valence-corrected chi connectivity index (χ1v) is 11.4. The Morgan fingerprint density at radius 1 is 1.24 bits per heavy atom. The molecule has 1 aromatic carbocycles. The highest BCUT2D eigenvalue weighted by molar-refractivity contribution is 5.98. The molecule has 0 bridgehead atoms. The number of aromatic nitrogens is 2. The quantitative estimate of drug-likeness (QED) is 0.497. The summed E-state index contributed by atoms with van der Waals surface area (Å²) in [5, 5.41) is 6.32. The number of hydrogen-bond acceptors (Lipinski definition) is 8. The molecule has 178 valence electrons. The number of amides is 1. The molecule has 0 atom stereocenters. The number of primary amides is 1. The smallest absolute Gasteiger partial charge is 0.267 e. The van der Waals surface area contributed by atoms with Gasteiger partial charge in [-0.3, -0.25) is 14.6 Å². The van der Waals surface area contributed by atoms with Crippen LogP contribution in [0.5, 0.6) is 5.75 Å². The van der Waals surface area contributed by atoms with Crippen LogP contribution >= 0.6 is 0 Å². The maximum absolute atomic E-state index is 12.6. The Hall–Kier alpha value is -3.11. The molecule has 10 heteroatoms. The van der Waals surface area contributed by atoms with E-state index in [4.69, 9.17) is 15.2 Å². The molecule has 2 saturated heterocycles. The molecular formula is C23H32N6O4. The maximum Gasteiger partial charge on any atom is 0.267 e. The van der Waals surface area contributed by atoms with Gasteiger partial charge in [0.1, 0.15) is 11.3 Å². The minimum atomic E-state index is -0.848. The predicted octanol–water partition coefficient (Wildman–Crippen LogP) is 2.02. The Balaban J connectivity index is 1.60. The number of benzene rings is 1. The lowest BCUT2D eigenvalue weighted by atomic mass is 9.89. The first-order chi connectivity index (χ1) is 15.9. The standard InChI is InChI=1S/C23H32N6O4/c1-29-9-5-14(6-10-29)17-4-3-16(13-18(17)32-2)25-21-19(20(24)30)22(31)28-23(27-21)26-15-7-11-33-12-8-15/h3-4,13-15H,5-12H2,1-2H3,(H2,24,30)(H3,25,26,27,28,31). The molecule has 33 heavy (non-hydrogen) atoms. The Morgan fingerprint density at radius 2 is 1.97 bits per heavy atom. The molecule has 2 aliphatic heterocycles. The molecule has 3 heterocycles. The van der Waals surface area contributed by atoms with E-state index < -0.39 is 11.5 Å². The second-order valence-corrected chi connectivity index (χ2v) is 8.69. The summed E-state index contributed by atoms with van der Waals surface area (Å²) in [5.74, 6) is 0.739. The van der Waals surface area contributed by atoms with Crippen molar-refractivity contribution >= 4 is 23.4 Å². The van der Waals surface area contributed by atoms with E-state index in [1.54, 1.807) is 7.11 Å². The molecule has 1 amide bonds. The first kappa shape index (κ1) is 23.1. The van der Waals surface area contributed by atoms with Crippen molar-refractivity contribution in [1.82, 2.24) is 14.9 Å². The molecule has 1 aromatic heterocycles. The lowest BCUT2D eigenvalue weighted by Crippen LogP contribution is -2.32. The van der Waals surface area contributed by atoms with Crippen molar-refractivity contribution in [1.29, 1.82) is 0 Å². The van der Waals surface area contributed by atoms with Crippen LogP contribution in [-0.2, 0) is 4.74 Å². The van der Waals surface area contributed by atoms with Crippen LogP contribution in [0.4, 0.5) is 17.5 Å². The zero-order valence-electron chi connectivity index (χ0n) is 19.1. The molecule has 2 aromatic rings. The first-order valence-electron chi connectivity index (χ1n) is 11.4. The van der Waals surface area contributed by atoms with Gasteiger partial charge in [0.05, 0.1) is 7.11 Å². The van der Waals surface area contributed by atoms with Crippen LogP contribution in [0, 0.1) is 0 Å². The van der Waals surface area contributed by atoms with Gasteiger partial charge in [-0.05, 0) is 63.4 Å². The summed E-state index contributed by atoms with van der Waals surface area (Å²) in [5.41, 5.74) is 6.49. The highest BCUT2D eigenvalue weighted by Gasteiger charge is 2.23. The molecule has 10 nitrogen and oxygen atoms in total. The number of hydrogen-bond donors (Lipinski definition) is 4. The summed E-state index contributed by atoms with van der Waals surface area (Å²) in [6.07, 6.45) is 3.75. The molecule has 4 rings (SSSR count). The van der Waals surface area contributed by atoms with E-state index in [1.807, 2.05) is 18.2 Å². The van der Waals surface area contributed by atoms with E-state index in [0.29, 0.717) is 24.8 Å². The number of anilines is 3. The average molecular weight is 457 g/mol. The van der Waals surface area contributed by atoms with E-state index in [1.165, 1.54) is 0 Å². The van der Waals surface area contributed by atoms with Crippen LogP contribution in [-0.4, -0.2) is 67.3 Å². The fraction of sp³-hybridized carbons (Fsp3) is 0.522. The lowest BCUT2D eigenvalue weighted by molar-refractivity contribution is 0.0903. The Morgan fingerprint density at radius 3 is 2.64 bits per heavy atom. The number of aromatic amines is 1. The summed E-state index contributed by atoms with van der Waals surface area (Å²) in [6.45, 7) is 3.40. The third kappa shape index (κ3) is 5.45. The lowest BCUT2D eigenvalue weighted by Gasteiger charge is -2.30. The molecule has 0 spiro atoms. The molecule has 2 fully saturated rings. The molecule has 0 saturated carbocycles. The summed E-state index contributed by atoms with van der Waals surface area (Å²) < 4.78 is 11.0. The summed E-state index contributed by atoms with van der Waals surface area (Å²) >= 11 is 0. The zero-order chi connectivity index (χ0) is 23.4. The number of methoxy groups -OCH3 is 1. The Labute approximate surface area is 192 Å². The van der Waals surface area contributed by atoms with Crippen molar-refractivity contribution in [3.63, 3.8) is 0 Å². The fourth-order valence-corrected chi connectivity index (χ4v) is 4.48. The molecule has 2 aliphatic rings. The normalized spacial score (nSPS) is 18.1. The SMILES string of the molecule is COc1cc(Nc2nc(NC3CCOCC3)[nH]c(=O)c2C(N)=O)ccc1C1CCN(C)CC1. The minimum absolute atomic E-state index is 0.106. The number of nitrogens with zero attached hydrogens (tertiary/aromatic N) is 2. The van der Waals surface area contributed by atoms with E-state index >= 15 is 0 Å². The maximum atomic E-state index is 12.6. The van der Waals surface area contributed by atoms with E-state index in [9.17, 15) is 9.59 Å². The third-order valence-corrected chi connectivity index (χ3v) is 6.38. The van der Waals surface area contributed by atoms with E-state index in [-0.39, 0.29) is 23.4 Å².